The van der Waals surface area contributed by atoms with E-state index in [1.54, 1.807) is 0 Å². The third kappa shape index (κ3) is 8.23. The van der Waals surface area contributed by atoms with Crippen LogP contribution in [0, 0.1) is 0 Å². The van der Waals surface area contributed by atoms with Crippen molar-refractivity contribution >= 4 is 11.9 Å². The van der Waals surface area contributed by atoms with Gasteiger partial charge in [-0.1, -0.05) is 0 Å². The molecule has 0 aliphatic rings. The van der Waals surface area contributed by atoms with E-state index in [0.717, 1.165) is 19.6 Å². The first-order valence-corrected chi connectivity index (χ1v) is 5.90. The van der Waals surface area contributed by atoms with Crippen LogP contribution >= 0.6 is 0 Å². The quantitative estimate of drug-likeness (QED) is 0.479. The molecule has 0 unspecified atom stereocenters. The lowest BCUT2D eigenvalue weighted by Crippen LogP contribution is -3.12. The fourth-order valence-corrected chi connectivity index (χ4v) is 1.46. The molecule has 0 aliphatic carbocycles. The fraction of sp³-hybridized carbons (Fsp3) is 0.818. The van der Waals surface area contributed by atoms with Gasteiger partial charge >= 0.3 is 0 Å². The van der Waals surface area contributed by atoms with E-state index in [1.165, 1.54) is 4.90 Å². The number of amides is 1. The van der Waals surface area contributed by atoms with Crippen molar-refractivity contribution < 1.29 is 19.6 Å². The second-order valence-corrected chi connectivity index (χ2v) is 3.78. The lowest BCUT2D eigenvalue weighted by molar-refractivity contribution is -0.895. The zero-order valence-corrected chi connectivity index (χ0v) is 10.2. The van der Waals surface area contributed by atoms with E-state index < -0.39 is 5.97 Å². The summed E-state index contributed by atoms with van der Waals surface area (Å²) in [5.41, 5.74) is 0. The molecule has 0 aromatic carbocycles. The third-order valence-electron chi connectivity index (χ3n) is 2.59. The number of aliphatic carboxylic acids is 1. The van der Waals surface area contributed by atoms with Crippen molar-refractivity contribution in [2.75, 3.05) is 26.2 Å². The molecule has 0 saturated heterocycles. The van der Waals surface area contributed by atoms with E-state index >= 15 is 0 Å². The van der Waals surface area contributed by atoms with Gasteiger partial charge < -0.3 is 20.1 Å². The maximum atomic E-state index is 11.2. The molecule has 0 spiro atoms. The second-order valence-electron chi connectivity index (χ2n) is 3.78. The second kappa shape index (κ2) is 9.15. The Morgan fingerprint density at radius 3 is 2.31 bits per heavy atom. The van der Waals surface area contributed by atoms with Gasteiger partial charge in [0.25, 0.3) is 0 Å². The zero-order valence-electron chi connectivity index (χ0n) is 10.2. The molecule has 5 nitrogen and oxygen atoms in total. The van der Waals surface area contributed by atoms with Crippen molar-refractivity contribution in [3.8, 4) is 0 Å². The molecular formula is C11H22N2O3. The minimum atomic E-state index is -1.10. The fourth-order valence-electron chi connectivity index (χ4n) is 1.46. The van der Waals surface area contributed by atoms with Gasteiger partial charge in [0.15, 0.2) is 0 Å². The summed E-state index contributed by atoms with van der Waals surface area (Å²) in [7, 11) is 0. The Bertz CT molecular complexity index is 215. The van der Waals surface area contributed by atoms with Crippen LogP contribution in [-0.4, -0.2) is 38.1 Å². The number of nitrogens with one attached hydrogen (secondary N) is 2. The van der Waals surface area contributed by atoms with Crippen molar-refractivity contribution in [1.29, 1.82) is 0 Å². The van der Waals surface area contributed by atoms with E-state index in [4.69, 9.17) is 0 Å². The maximum Gasteiger partial charge on any atom is 0.220 e. The number of rotatable bonds is 9. The number of likely N-dealkylation sites (N-methyl/N-ethyl adjacent to an activating group) is 1. The summed E-state index contributed by atoms with van der Waals surface area (Å²) in [4.78, 5) is 22.8. The van der Waals surface area contributed by atoms with Crippen molar-refractivity contribution in [2.24, 2.45) is 0 Å². The molecule has 0 rings (SSSR count). The summed E-state index contributed by atoms with van der Waals surface area (Å²) in [5.74, 6) is -1.17. The van der Waals surface area contributed by atoms with Crippen LogP contribution in [0.1, 0.15) is 33.1 Å². The van der Waals surface area contributed by atoms with Crippen LogP contribution in [0.5, 0.6) is 0 Å². The van der Waals surface area contributed by atoms with Gasteiger partial charge in [0, 0.05) is 12.4 Å². The zero-order chi connectivity index (χ0) is 12.4. The van der Waals surface area contributed by atoms with E-state index in [0.29, 0.717) is 13.0 Å². The van der Waals surface area contributed by atoms with E-state index in [2.05, 4.69) is 19.2 Å². The molecule has 1 amide bonds. The van der Waals surface area contributed by atoms with Crippen LogP contribution in [-0.2, 0) is 9.59 Å². The lowest BCUT2D eigenvalue weighted by atomic mass is 10.2. The molecule has 0 aromatic heterocycles. The molecular weight excluding hydrogens is 208 g/mol. The number of hydrogen-bond acceptors (Lipinski definition) is 3. The van der Waals surface area contributed by atoms with Gasteiger partial charge in [-0.2, -0.15) is 0 Å². The summed E-state index contributed by atoms with van der Waals surface area (Å²) in [5, 5.41) is 12.9. The Labute approximate surface area is 96.8 Å². The summed E-state index contributed by atoms with van der Waals surface area (Å²) in [6, 6.07) is 0. The molecule has 16 heavy (non-hydrogen) atoms. The highest BCUT2D eigenvalue weighted by atomic mass is 16.4. The van der Waals surface area contributed by atoms with Gasteiger partial charge in [0.1, 0.15) is 0 Å². The average molecular weight is 230 g/mol. The highest BCUT2D eigenvalue weighted by Crippen LogP contribution is 1.92. The normalized spacial score (nSPS) is 10.4. The van der Waals surface area contributed by atoms with E-state index in [-0.39, 0.29) is 18.7 Å². The first-order valence-electron chi connectivity index (χ1n) is 5.90. The third-order valence-corrected chi connectivity index (χ3v) is 2.59. The van der Waals surface area contributed by atoms with Gasteiger partial charge in [-0.25, -0.2) is 0 Å². The molecule has 2 N–H and O–H groups in total. The van der Waals surface area contributed by atoms with Crippen LogP contribution in [0.2, 0.25) is 0 Å². The largest absolute Gasteiger partial charge is 0.550 e. The number of hydrogen-bond donors (Lipinski definition) is 2. The molecule has 5 heteroatoms. The SMILES string of the molecule is CC[NH+](CC)CCNC(=O)CCCC(=O)[O-]. The van der Waals surface area contributed by atoms with Crippen molar-refractivity contribution in [3.63, 3.8) is 0 Å². The molecule has 0 aliphatic heterocycles. The highest BCUT2D eigenvalue weighted by Gasteiger charge is 2.04. The van der Waals surface area contributed by atoms with E-state index in [1.807, 2.05) is 0 Å². The van der Waals surface area contributed by atoms with Gasteiger partial charge in [-0.3, -0.25) is 4.79 Å². The van der Waals surface area contributed by atoms with Crippen molar-refractivity contribution in [1.82, 2.24) is 5.32 Å². The monoisotopic (exact) mass is 230 g/mol. The van der Waals surface area contributed by atoms with Gasteiger partial charge in [0.05, 0.1) is 26.2 Å². The van der Waals surface area contributed by atoms with Crippen LogP contribution in [0.25, 0.3) is 0 Å². The first kappa shape index (κ1) is 14.9. The molecule has 0 atom stereocenters. The number of carboxylic acids is 1. The predicted molar refractivity (Wildman–Crippen MR) is 58.8 cm³/mol. The first-order chi connectivity index (χ1) is 7.60. The standard InChI is InChI=1S/C11H22N2O3/c1-3-13(4-2)9-8-12-10(14)6-5-7-11(15)16/h3-9H2,1-2H3,(H,12,14)(H,15,16). The van der Waals surface area contributed by atoms with Gasteiger partial charge in [-0.05, 0) is 26.7 Å². The molecule has 0 fully saturated rings. The lowest BCUT2D eigenvalue weighted by Gasteiger charge is -2.15. The Morgan fingerprint density at radius 2 is 1.81 bits per heavy atom. The van der Waals surface area contributed by atoms with Crippen LogP contribution in [0.15, 0.2) is 0 Å². The summed E-state index contributed by atoms with van der Waals surface area (Å²) in [6.45, 7) is 7.90. The maximum absolute atomic E-state index is 11.2. The Morgan fingerprint density at radius 1 is 1.19 bits per heavy atom. The molecule has 0 saturated carbocycles. The minimum Gasteiger partial charge on any atom is -0.550 e. The minimum absolute atomic E-state index is 0.0469. The Hall–Kier alpha value is -1.10. The number of carboxylic acid groups (broad SMARTS) is 1. The van der Waals surface area contributed by atoms with Crippen LogP contribution in [0.4, 0.5) is 0 Å². The smallest absolute Gasteiger partial charge is 0.220 e. The molecule has 94 valence electrons. The van der Waals surface area contributed by atoms with Crippen LogP contribution in [0.3, 0.4) is 0 Å². The molecule has 0 bridgehead atoms. The highest BCUT2D eigenvalue weighted by molar-refractivity contribution is 5.76. The topological polar surface area (TPSA) is 73.7 Å². The summed E-state index contributed by atoms with van der Waals surface area (Å²) in [6.07, 6.45) is 0.572. The van der Waals surface area contributed by atoms with E-state index in [9.17, 15) is 14.7 Å². The summed E-state index contributed by atoms with van der Waals surface area (Å²) >= 11 is 0. The Kier molecular flexibility index (Phi) is 8.52. The molecule has 0 heterocycles. The Balaban J connectivity index is 3.46. The number of quaternary nitrogens is 1. The van der Waals surface area contributed by atoms with Crippen molar-refractivity contribution in [2.45, 2.75) is 33.1 Å². The van der Waals surface area contributed by atoms with Crippen molar-refractivity contribution in [3.05, 3.63) is 0 Å². The molecule has 0 radical (unpaired) electrons. The predicted octanol–water partition coefficient (Wildman–Crippen LogP) is -2.05. The van der Waals surface area contributed by atoms with Crippen LogP contribution < -0.4 is 15.3 Å². The molecule has 0 aromatic rings. The summed E-state index contributed by atoms with van der Waals surface area (Å²) < 4.78 is 0. The average Bonchev–Trinajstić information content (AvgIpc) is 2.24. The van der Waals surface area contributed by atoms with Gasteiger partial charge in [-0.15, -0.1) is 0 Å². The number of carbonyl (C=O) groups is 2. The van der Waals surface area contributed by atoms with Gasteiger partial charge in [0.2, 0.25) is 5.91 Å². The number of carbonyl (C=O) groups excluding carboxylic acids is 2.